The number of rotatable bonds is 3. The van der Waals surface area contributed by atoms with E-state index in [9.17, 15) is 0 Å². The second-order valence-electron chi connectivity index (χ2n) is 4.12. The van der Waals surface area contributed by atoms with Crippen molar-refractivity contribution in [1.82, 2.24) is 0 Å². The van der Waals surface area contributed by atoms with E-state index in [0.717, 1.165) is 12.1 Å². The van der Waals surface area contributed by atoms with Gasteiger partial charge in [0.15, 0.2) is 0 Å². The fourth-order valence-electron chi connectivity index (χ4n) is 1.55. The van der Waals surface area contributed by atoms with Crippen molar-refractivity contribution in [3.05, 3.63) is 35.4 Å². The lowest BCUT2D eigenvalue weighted by atomic mass is 10.1. The van der Waals surface area contributed by atoms with Gasteiger partial charge in [-0.3, -0.25) is 4.99 Å². The quantitative estimate of drug-likeness (QED) is 0.646. The van der Waals surface area contributed by atoms with Crippen LogP contribution in [0, 0.1) is 6.92 Å². The number of benzene rings is 1. The maximum Gasteiger partial charge on any atom is 0.0510 e. The summed E-state index contributed by atoms with van der Waals surface area (Å²) in [7, 11) is 0. The van der Waals surface area contributed by atoms with Crippen LogP contribution in [0.15, 0.2) is 29.3 Å². The van der Waals surface area contributed by atoms with E-state index in [1.165, 1.54) is 11.1 Å². The number of aliphatic imine (C=N–C) groups is 1. The summed E-state index contributed by atoms with van der Waals surface area (Å²) in [5, 5.41) is 0. The van der Waals surface area contributed by atoms with E-state index in [2.05, 4.69) is 43.1 Å². The third kappa shape index (κ3) is 3.73. The lowest BCUT2D eigenvalue weighted by Gasteiger charge is -2.07. The summed E-state index contributed by atoms with van der Waals surface area (Å²) < 4.78 is 0. The Balaban J connectivity index is 2.61. The molecular weight excluding hydrogens is 170 g/mol. The standard InChI is InChI=1S/C13H19N/c1-10(2)14-12(4)9-13-7-5-11(3)6-8-13/h5-8,12H,9H2,1-4H3. The third-order valence-corrected chi connectivity index (χ3v) is 2.13. The minimum atomic E-state index is 0.391. The molecule has 0 spiro atoms. The summed E-state index contributed by atoms with van der Waals surface area (Å²) >= 11 is 0. The Morgan fingerprint density at radius 3 is 2.29 bits per heavy atom. The second-order valence-corrected chi connectivity index (χ2v) is 4.12. The van der Waals surface area contributed by atoms with Crippen molar-refractivity contribution in [3.8, 4) is 0 Å². The molecule has 0 aliphatic rings. The van der Waals surface area contributed by atoms with Gasteiger partial charge < -0.3 is 0 Å². The maximum absolute atomic E-state index is 4.51. The summed E-state index contributed by atoms with van der Waals surface area (Å²) in [6.45, 7) is 8.37. The van der Waals surface area contributed by atoms with Crippen LogP contribution in [0.1, 0.15) is 31.9 Å². The molecule has 0 N–H and O–H groups in total. The number of hydrogen-bond acceptors (Lipinski definition) is 1. The number of aryl methyl sites for hydroxylation is 1. The van der Waals surface area contributed by atoms with Crippen LogP contribution in [0.5, 0.6) is 0 Å². The van der Waals surface area contributed by atoms with E-state index < -0.39 is 0 Å². The average molecular weight is 189 g/mol. The maximum atomic E-state index is 4.51. The van der Waals surface area contributed by atoms with E-state index in [4.69, 9.17) is 0 Å². The predicted molar refractivity (Wildman–Crippen MR) is 63.1 cm³/mol. The van der Waals surface area contributed by atoms with E-state index in [0.29, 0.717) is 6.04 Å². The van der Waals surface area contributed by atoms with Gasteiger partial charge in [-0.05, 0) is 39.7 Å². The predicted octanol–water partition coefficient (Wildman–Crippen LogP) is 3.41. The van der Waals surface area contributed by atoms with Crippen LogP contribution >= 0.6 is 0 Å². The van der Waals surface area contributed by atoms with Gasteiger partial charge >= 0.3 is 0 Å². The van der Waals surface area contributed by atoms with Crippen molar-refractivity contribution >= 4 is 5.71 Å². The zero-order valence-corrected chi connectivity index (χ0v) is 9.54. The van der Waals surface area contributed by atoms with Gasteiger partial charge in [-0.15, -0.1) is 0 Å². The Hall–Kier alpha value is -1.11. The molecule has 14 heavy (non-hydrogen) atoms. The Bertz CT molecular complexity index is 305. The largest absolute Gasteiger partial charge is 0.291 e. The van der Waals surface area contributed by atoms with Gasteiger partial charge in [0.2, 0.25) is 0 Å². The van der Waals surface area contributed by atoms with Crippen LogP contribution in [-0.4, -0.2) is 11.8 Å². The molecule has 0 radical (unpaired) electrons. The van der Waals surface area contributed by atoms with Crippen molar-refractivity contribution in [2.24, 2.45) is 4.99 Å². The second kappa shape index (κ2) is 4.94. The highest BCUT2D eigenvalue weighted by Crippen LogP contribution is 2.07. The first-order valence-electron chi connectivity index (χ1n) is 5.14. The summed E-state index contributed by atoms with van der Waals surface area (Å²) in [5.74, 6) is 0. The van der Waals surface area contributed by atoms with Crippen molar-refractivity contribution in [2.75, 3.05) is 0 Å². The third-order valence-electron chi connectivity index (χ3n) is 2.13. The summed E-state index contributed by atoms with van der Waals surface area (Å²) in [6, 6.07) is 9.08. The smallest absolute Gasteiger partial charge is 0.0510 e. The van der Waals surface area contributed by atoms with E-state index in [1.807, 2.05) is 13.8 Å². The van der Waals surface area contributed by atoms with Gasteiger partial charge in [-0.25, -0.2) is 0 Å². The Morgan fingerprint density at radius 2 is 1.79 bits per heavy atom. The molecule has 1 atom stereocenters. The van der Waals surface area contributed by atoms with Crippen molar-refractivity contribution in [3.63, 3.8) is 0 Å². The summed E-state index contributed by atoms with van der Waals surface area (Å²) in [5.41, 5.74) is 3.84. The van der Waals surface area contributed by atoms with Crippen LogP contribution < -0.4 is 0 Å². The highest BCUT2D eigenvalue weighted by Gasteiger charge is 2.00. The first kappa shape index (κ1) is 11.0. The zero-order valence-electron chi connectivity index (χ0n) is 9.54. The molecule has 1 rings (SSSR count). The Labute approximate surface area is 86.9 Å². The summed E-state index contributed by atoms with van der Waals surface area (Å²) in [4.78, 5) is 4.51. The van der Waals surface area contributed by atoms with Crippen LogP contribution in [0.25, 0.3) is 0 Å². The van der Waals surface area contributed by atoms with Crippen LogP contribution in [0.4, 0.5) is 0 Å². The molecule has 1 nitrogen and oxygen atoms in total. The molecule has 0 aromatic heterocycles. The SMILES string of the molecule is CC(C)=NC(C)Cc1ccc(C)cc1. The van der Waals surface area contributed by atoms with Gasteiger partial charge in [0, 0.05) is 5.71 Å². The lowest BCUT2D eigenvalue weighted by Crippen LogP contribution is -2.05. The number of nitrogens with zero attached hydrogens (tertiary/aromatic N) is 1. The molecule has 0 saturated carbocycles. The normalized spacial score (nSPS) is 12.3. The molecule has 0 saturated heterocycles. The van der Waals surface area contributed by atoms with Gasteiger partial charge in [0.1, 0.15) is 0 Å². The minimum absolute atomic E-state index is 0.391. The molecular formula is C13H19N. The molecule has 0 amide bonds. The van der Waals surface area contributed by atoms with Crippen molar-refractivity contribution in [1.29, 1.82) is 0 Å². The first-order valence-corrected chi connectivity index (χ1v) is 5.14. The van der Waals surface area contributed by atoms with Crippen molar-refractivity contribution in [2.45, 2.75) is 40.2 Å². The Kier molecular flexibility index (Phi) is 3.87. The zero-order chi connectivity index (χ0) is 10.6. The van der Waals surface area contributed by atoms with Gasteiger partial charge in [0.05, 0.1) is 6.04 Å². The molecule has 0 heterocycles. The fourth-order valence-corrected chi connectivity index (χ4v) is 1.55. The Morgan fingerprint density at radius 1 is 1.21 bits per heavy atom. The molecule has 1 unspecified atom stereocenters. The molecule has 0 aliphatic heterocycles. The average Bonchev–Trinajstić information content (AvgIpc) is 2.07. The van der Waals surface area contributed by atoms with Gasteiger partial charge in [-0.2, -0.15) is 0 Å². The molecule has 0 bridgehead atoms. The van der Waals surface area contributed by atoms with E-state index in [-0.39, 0.29) is 0 Å². The highest BCUT2D eigenvalue weighted by atomic mass is 14.8. The molecule has 1 aromatic carbocycles. The van der Waals surface area contributed by atoms with E-state index in [1.54, 1.807) is 0 Å². The molecule has 1 heteroatoms. The molecule has 1 aromatic rings. The molecule has 76 valence electrons. The first-order chi connectivity index (χ1) is 6.58. The van der Waals surface area contributed by atoms with Crippen molar-refractivity contribution < 1.29 is 0 Å². The molecule has 0 aliphatic carbocycles. The van der Waals surface area contributed by atoms with Gasteiger partial charge in [0.25, 0.3) is 0 Å². The van der Waals surface area contributed by atoms with Crippen LogP contribution in [0.3, 0.4) is 0 Å². The summed E-state index contributed by atoms with van der Waals surface area (Å²) in [6.07, 6.45) is 1.03. The van der Waals surface area contributed by atoms with Crippen LogP contribution in [-0.2, 0) is 6.42 Å². The van der Waals surface area contributed by atoms with Crippen LogP contribution in [0.2, 0.25) is 0 Å². The van der Waals surface area contributed by atoms with E-state index >= 15 is 0 Å². The highest BCUT2D eigenvalue weighted by molar-refractivity contribution is 5.79. The molecule has 0 fully saturated rings. The fraction of sp³-hybridized carbons (Fsp3) is 0.462. The topological polar surface area (TPSA) is 12.4 Å². The number of hydrogen-bond donors (Lipinski definition) is 0. The lowest BCUT2D eigenvalue weighted by molar-refractivity contribution is 0.739. The minimum Gasteiger partial charge on any atom is -0.291 e. The van der Waals surface area contributed by atoms with Gasteiger partial charge in [-0.1, -0.05) is 29.8 Å². The monoisotopic (exact) mass is 189 g/mol.